The van der Waals surface area contributed by atoms with E-state index in [-0.39, 0.29) is 12.4 Å². The van der Waals surface area contributed by atoms with Gasteiger partial charge in [-0.1, -0.05) is 18.2 Å². The normalized spacial score (nSPS) is 13.9. The molecular weight excluding hydrogens is 436 g/mol. The minimum absolute atomic E-state index is 0.0675. The summed E-state index contributed by atoms with van der Waals surface area (Å²) in [5.41, 5.74) is 5.57. The van der Waals surface area contributed by atoms with Crippen molar-refractivity contribution in [2.75, 3.05) is 38.1 Å². The van der Waals surface area contributed by atoms with Crippen molar-refractivity contribution in [1.82, 2.24) is 26.1 Å². The largest absolute Gasteiger partial charge is 0.486 e. The Kier molecular flexibility index (Phi) is 7.61. The number of carbonyl (C=O) groups is 2. The van der Waals surface area contributed by atoms with Crippen LogP contribution in [-0.4, -0.2) is 55.0 Å². The first-order valence-electron chi connectivity index (χ1n) is 11.1. The lowest BCUT2D eigenvalue weighted by Crippen LogP contribution is -2.46. The SMILES string of the molecule is CN1CCN(c2cc(CNC(=O)NNC(=O)c3ccc(COc4ccccc4)o3)ccn2)CC1. The molecule has 0 unspecified atom stereocenters. The molecular formula is C24H28N6O4. The number of anilines is 1. The highest BCUT2D eigenvalue weighted by molar-refractivity contribution is 5.92. The summed E-state index contributed by atoms with van der Waals surface area (Å²) < 4.78 is 11.1. The van der Waals surface area contributed by atoms with Crippen LogP contribution < -0.4 is 25.8 Å². The topological polar surface area (TPSA) is 112 Å². The molecule has 10 heteroatoms. The molecule has 2 aromatic heterocycles. The number of benzene rings is 1. The summed E-state index contributed by atoms with van der Waals surface area (Å²) >= 11 is 0. The maximum Gasteiger partial charge on any atom is 0.333 e. The van der Waals surface area contributed by atoms with Crippen molar-refractivity contribution < 1.29 is 18.7 Å². The molecule has 3 amide bonds. The Labute approximate surface area is 197 Å². The van der Waals surface area contributed by atoms with Gasteiger partial charge in [0.2, 0.25) is 0 Å². The molecule has 4 rings (SSSR count). The zero-order valence-corrected chi connectivity index (χ0v) is 19.0. The number of hydrogen-bond acceptors (Lipinski definition) is 7. The van der Waals surface area contributed by atoms with Crippen molar-refractivity contribution in [2.45, 2.75) is 13.2 Å². The molecule has 178 valence electrons. The zero-order chi connectivity index (χ0) is 23.8. The number of hydrazine groups is 1. The van der Waals surface area contributed by atoms with E-state index >= 15 is 0 Å². The quantitative estimate of drug-likeness (QED) is 0.460. The highest BCUT2D eigenvalue weighted by Gasteiger charge is 2.16. The molecule has 1 saturated heterocycles. The standard InChI is InChI=1S/C24H28N6O4/c1-29-11-13-30(14-12-29)22-15-18(9-10-25-22)16-26-24(32)28-27-23(31)21-8-7-20(34-21)17-33-19-5-3-2-4-6-19/h2-10,15H,11-14,16-17H2,1H3,(H,27,31)(H2,26,28,32). The number of likely N-dealkylation sites (N-methyl/N-ethyl adjacent to an activating group) is 1. The summed E-state index contributed by atoms with van der Waals surface area (Å²) in [4.78, 5) is 33.3. The number of amides is 3. The Morgan fingerprint density at radius 2 is 1.82 bits per heavy atom. The monoisotopic (exact) mass is 464 g/mol. The minimum Gasteiger partial charge on any atom is -0.486 e. The third kappa shape index (κ3) is 6.48. The molecule has 1 aliphatic heterocycles. The molecule has 0 saturated carbocycles. The van der Waals surface area contributed by atoms with Gasteiger partial charge in [0.05, 0.1) is 0 Å². The molecule has 1 fully saturated rings. The summed E-state index contributed by atoms with van der Waals surface area (Å²) in [6.07, 6.45) is 1.74. The number of furan rings is 1. The molecule has 0 atom stereocenters. The van der Waals surface area contributed by atoms with Crippen LogP contribution in [0.25, 0.3) is 0 Å². The lowest BCUT2D eigenvalue weighted by atomic mass is 10.2. The number of piperazine rings is 1. The summed E-state index contributed by atoms with van der Waals surface area (Å²) in [7, 11) is 2.10. The van der Waals surface area contributed by atoms with Gasteiger partial charge in [0.1, 0.15) is 23.9 Å². The summed E-state index contributed by atoms with van der Waals surface area (Å²) in [6.45, 7) is 4.30. The second-order valence-electron chi connectivity index (χ2n) is 7.94. The van der Waals surface area contributed by atoms with E-state index in [0.717, 1.165) is 37.6 Å². The third-order valence-electron chi connectivity index (χ3n) is 5.39. The molecule has 0 radical (unpaired) electrons. The number of aromatic nitrogens is 1. The average molecular weight is 465 g/mol. The molecule has 0 spiro atoms. The number of rotatable bonds is 7. The van der Waals surface area contributed by atoms with Gasteiger partial charge in [0.25, 0.3) is 0 Å². The van der Waals surface area contributed by atoms with Gasteiger partial charge in [0.15, 0.2) is 5.76 Å². The van der Waals surface area contributed by atoms with Gasteiger partial charge >= 0.3 is 11.9 Å². The van der Waals surface area contributed by atoms with E-state index < -0.39 is 11.9 Å². The van der Waals surface area contributed by atoms with Crippen LogP contribution in [0.15, 0.2) is 65.2 Å². The predicted octanol–water partition coefficient (Wildman–Crippen LogP) is 2.15. The second kappa shape index (κ2) is 11.2. The summed E-state index contributed by atoms with van der Waals surface area (Å²) in [5, 5.41) is 2.72. The van der Waals surface area contributed by atoms with E-state index in [4.69, 9.17) is 9.15 Å². The van der Waals surface area contributed by atoms with Gasteiger partial charge in [0, 0.05) is 38.9 Å². The van der Waals surface area contributed by atoms with Gasteiger partial charge in [-0.2, -0.15) is 0 Å². The van der Waals surface area contributed by atoms with Crippen LogP contribution in [-0.2, 0) is 13.2 Å². The average Bonchev–Trinajstić information content (AvgIpc) is 3.35. The fourth-order valence-corrected chi connectivity index (χ4v) is 3.43. The van der Waals surface area contributed by atoms with Gasteiger partial charge in [-0.15, -0.1) is 0 Å². The first-order valence-corrected chi connectivity index (χ1v) is 11.1. The van der Waals surface area contributed by atoms with Gasteiger partial charge in [-0.3, -0.25) is 10.2 Å². The summed E-state index contributed by atoms with van der Waals surface area (Å²) in [5.74, 6) is 1.59. The molecule has 0 bridgehead atoms. The number of pyridine rings is 1. The van der Waals surface area contributed by atoms with Gasteiger partial charge in [-0.05, 0) is 49.0 Å². The van der Waals surface area contributed by atoms with E-state index in [2.05, 4.69) is 38.0 Å². The molecule has 3 heterocycles. The number of para-hydroxylation sites is 1. The molecule has 0 aliphatic carbocycles. The van der Waals surface area contributed by atoms with Crippen molar-refractivity contribution >= 4 is 17.8 Å². The van der Waals surface area contributed by atoms with Crippen molar-refractivity contribution in [3.8, 4) is 5.75 Å². The maximum atomic E-state index is 12.2. The molecule has 3 aromatic rings. The van der Waals surface area contributed by atoms with Gasteiger partial charge < -0.3 is 24.3 Å². The molecule has 10 nitrogen and oxygen atoms in total. The Balaban J connectivity index is 1.20. The first-order chi connectivity index (χ1) is 16.6. The van der Waals surface area contributed by atoms with E-state index in [0.29, 0.717) is 18.1 Å². The van der Waals surface area contributed by atoms with Gasteiger partial charge in [-0.25, -0.2) is 15.2 Å². The summed E-state index contributed by atoms with van der Waals surface area (Å²) in [6, 6.07) is 15.7. The van der Waals surface area contributed by atoms with E-state index in [1.54, 1.807) is 12.3 Å². The van der Waals surface area contributed by atoms with Crippen molar-refractivity contribution in [3.05, 3.63) is 77.9 Å². The number of carbonyl (C=O) groups excluding carboxylic acids is 2. The molecule has 1 aliphatic rings. The highest BCUT2D eigenvalue weighted by atomic mass is 16.5. The molecule has 3 N–H and O–H groups in total. The van der Waals surface area contributed by atoms with Crippen LogP contribution in [0.3, 0.4) is 0 Å². The smallest absolute Gasteiger partial charge is 0.333 e. The molecule has 1 aromatic carbocycles. The van der Waals surface area contributed by atoms with Crippen LogP contribution in [0.5, 0.6) is 5.75 Å². The highest BCUT2D eigenvalue weighted by Crippen LogP contribution is 2.15. The maximum absolute atomic E-state index is 12.2. The Morgan fingerprint density at radius 1 is 1.03 bits per heavy atom. The van der Waals surface area contributed by atoms with Crippen LogP contribution in [0, 0.1) is 0 Å². The number of hydrogen-bond donors (Lipinski definition) is 3. The van der Waals surface area contributed by atoms with Crippen LogP contribution in [0.4, 0.5) is 10.6 Å². The number of urea groups is 1. The Hall–Kier alpha value is -4.05. The van der Waals surface area contributed by atoms with E-state index in [9.17, 15) is 9.59 Å². The predicted molar refractivity (Wildman–Crippen MR) is 126 cm³/mol. The minimum atomic E-state index is -0.567. The van der Waals surface area contributed by atoms with Crippen molar-refractivity contribution in [1.29, 1.82) is 0 Å². The first kappa shape index (κ1) is 23.1. The second-order valence-corrected chi connectivity index (χ2v) is 7.94. The zero-order valence-electron chi connectivity index (χ0n) is 19.0. The number of nitrogens with zero attached hydrogens (tertiary/aromatic N) is 3. The number of ether oxygens (including phenoxy) is 1. The van der Waals surface area contributed by atoms with E-state index in [1.807, 2.05) is 42.5 Å². The fourth-order valence-electron chi connectivity index (χ4n) is 3.43. The Morgan fingerprint density at radius 3 is 2.62 bits per heavy atom. The lowest BCUT2D eigenvalue weighted by molar-refractivity contribution is 0.0904. The third-order valence-corrected chi connectivity index (χ3v) is 5.39. The van der Waals surface area contributed by atoms with Crippen molar-refractivity contribution in [3.63, 3.8) is 0 Å². The van der Waals surface area contributed by atoms with Crippen LogP contribution >= 0.6 is 0 Å². The van der Waals surface area contributed by atoms with Crippen LogP contribution in [0.2, 0.25) is 0 Å². The fraction of sp³-hybridized carbons (Fsp3) is 0.292. The van der Waals surface area contributed by atoms with Crippen molar-refractivity contribution in [2.24, 2.45) is 0 Å². The Bertz CT molecular complexity index is 1100. The van der Waals surface area contributed by atoms with Crippen LogP contribution in [0.1, 0.15) is 21.9 Å². The van der Waals surface area contributed by atoms with E-state index in [1.165, 1.54) is 6.07 Å². The molecule has 34 heavy (non-hydrogen) atoms. The lowest BCUT2D eigenvalue weighted by Gasteiger charge is -2.33. The number of nitrogens with one attached hydrogen (secondary N) is 3.